The lowest BCUT2D eigenvalue weighted by Crippen LogP contribution is -2.37. The fourth-order valence-electron chi connectivity index (χ4n) is 2.82. The molecule has 7 heteroatoms. The lowest BCUT2D eigenvalue weighted by Gasteiger charge is -2.21. The van der Waals surface area contributed by atoms with E-state index in [0.29, 0.717) is 22.8 Å². The molecule has 1 saturated heterocycles. The monoisotopic (exact) mass is 344 g/mol. The number of amides is 2. The molecule has 1 atom stereocenters. The average molecular weight is 345 g/mol. The zero-order valence-electron chi connectivity index (χ0n) is 12.9. The standard InChI is InChI=1S/C17H17ClN4O2/c18-11-5-6-14(20-9-11)17(24)21-12-7-8-22(10-12)15-4-2-1-3-13(15)16(19)23/h1-6,9,12H,7-8,10H2,(H2,19,23)(H,21,24)/t12-/m1/s1. The molecule has 0 radical (unpaired) electrons. The number of halogens is 1. The minimum atomic E-state index is -0.455. The van der Waals surface area contributed by atoms with Gasteiger partial charge in [0, 0.05) is 31.0 Å². The first kappa shape index (κ1) is 16.3. The second kappa shape index (κ2) is 6.88. The fourth-order valence-corrected chi connectivity index (χ4v) is 2.94. The van der Waals surface area contributed by atoms with Crippen LogP contribution in [0.4, 0.5) is 5.69 Å². The quantitative estimate of drug-likeness (QED) is 0.885. The van der Waals surface area contributed by atoms with Crippen LogP contribution in [0.1, 0.15) is 27.3 Å². The molecular formula is C17H17ClN4O2. The van der Waals surface area contributed by atoms with Crippen LogP contribution in [0.3, 0.4) is 0 Å². The van der Waals surface area contributed by atoms with Gasteiger partial charge in [-0.25, -0.2) is 4.98 Å². The van der Waals surface area contributed by atoms with E-state index in [1.54, 1.807) is 24.3 Å². The number of pyridine rings is 1. The Morgan fingerprint density at radius 3 is 2.75 bits per heavy atom. The number of carbonyl (C=O) groups is 2. The van der Waals surface area contributed by atoms with E-state index in [2.05, 4.69) is 15.2 Å². The van der Waals surface area contributed by atoms with Crippen LogP contribution >= 0.6 is 11.6 Å². The summed E-state index contributed by atoms with van der Waals surface area (Å²) >= 11 is 5.78. The van der Waals surface area contributed by atoms with Gasteiger partial charge in [0.1, 0.15) is 5.69 Å². The molecule has 124 valence electrons. The predicted octanol–water partition coefficient (Wildman–Crippen LogP) is 1.84. The van der Waals surface area contributed by atoms with Crippen molar-refractivity contribution < 1.29 is 9.59 Å². The Hall–Kier alpha value is -2.60. The fraction of sp³-hybridized carbons (Fsp3) is 0.235. The van der Waals surface area contributed by atoms with Crippen molar-refractivity contribution >= 4 is 29.1 Å². The molecule has 0 bridgehead atoms. The number of hydrogen-bond acceptors (Lipinski definition) is 4. The smallest absolute Gasteiger partial charge is 0.270 e. The minimum absolute atomic E-state index is 0.0177. The van der Waals surface area contributed by atoms with E-state index >= 15 is 0 Å². The summed E-state index contributed by atoms with van der Waals surface area (Å²) in [7, 11) is 0. The van der Waals surface area contributed by atoms with E-state index in [-0.39, 0.29) is 11.9 Å². The van der Waals surface area contributed by atoms with Crippen LogP contribution in [0.25, 0.3) is 0 Å². The minimum Gasteiger partial charge on any atom is -0.369 e. The molecule has 1 aromatic carbocycles. The summed E-state index contributed by atoms with van der Waals surface area (Å²) in [6.45, 7) is 1.35. The number of benzene rings is 1. The van der Waals surface area contributed by atoms with Crippen LogP contribution in [0.5, 0.6) is 0 Å². The Balaban J connectivity index is 1.67. The van der Waals surface area contributed by atoms with E-state index in [0.717, 1.165) is 18.7 Å². The van der Waals surface area contributed by atoms with Crippen molar-refractivity contribution in [3.63, 3.8) is 0 Å². The first-order chi connectivity index (χ1) is 11.5. The lowest BCUT2D eigenvalue weighted by molar-refractivity contribution is 0.0934. The third kappa shape index (κ3) is 3.49. The summed E-state index contributed by atoms with van der Waals surface area (Å²) in [6.07, 6.45) is 2.23. The van der Waals surface area contributed by atoms with Gasteiger partial charge in [0.25, 0.3) is 11.8 Å². The van der Waals surface area contributed by atoms with E-state index in [1.807, 2.05) is 12.1 Å². The van der Waals surface area contributed by atoms with E-state index < -0.39 is 5.91 Å². The van der Waals surface area contributed by atoms with E-state index in [9.17, 15) is 9.59 Å². The highest BCUT2D eigenvalue weighted by Gasteiger charge is 2.26. The van der Waals surface area contributed by atoms with Crippen molar-refractivity contribution in [1.82, 2.24) is 10.3 Å². The molecule has 2 amide bonds. The molecule has 0 saturated carbocycles. The summed E-state index contributed by atoms with van der Waals surface area (Å²) in [4.78, 5) is 29.8. The van der Waals surface area contributed by atoms with Gasteiger partial charge in [-0.1, -0.05) is 23.7 Å². The predicted molar refractivity (Wildman–Crippen MR) is 92.3 cm³/mol. The van der Waals surface area contributed by atoms with Crippen molar-refractivity contribution in [1.29, 1.82) is 0 Å². The molecule has 1 fully saturated rings. The lowest BCUT2D eigenvalue weighted by atomic mass is 10.1. The summed E-state index contributed by atoms with van der Waals surface area (Å²) < 4.78 is 0. The topological polar surface area (TPSA) is 88.3 Å². The summed E-state index contributed by atoms with van der Waals surface area (Å²) in [5.74, 6) is -0.690. The maximum Gasteiger partial charge on any atom is 0.270 e. The van der Waals surface area contributed by atoms with Gasteiger partial charge < -0.3 is 16.0 Å². The molecule has 1 aliphatic rings. The van der Waals surface area contributed by atoms with E-state index in [4.69, 9.17) is 17.3 Å². The molecule has 1 aromatic heterocycles. The normalized spacial score (nSPS) is 16.9. The first-order valence-corrected chi connectivity index (χ1v) is 7.98. The molecule has 6 nitrogen and oxygen atoms in total. The number of primary amides is 1. The van der Waals surface area contributed by atoms with Crippen LogP contribution in [0.15, 0.2) is 42.6 Å². The van der Waals surface area contributed by atoms with Crippen LogP contribution in [-0.2, 0) is 0 Å². The highest BCUT2D eigenvalue weighted by atomic mass is 35.5. The Bertz CT molecular complexity index is 763. The van der Waals surface area contributed by atoms with E-state index in [1.165, 1.54) is 6.20 Å². The van der Waals surface area contributed by atoms with Gasteiger partial charge in [-0.2, -0.15) is 0 Å². The Morgan fingerprint density at radius 2 is 2.04 bits per heavy atom. The third-order valence-electron chi connectivity index (χ3n) is 3.99. The number of aromatic nitrogens is 1. The van der Waals surface area contributed by atoms with Crippen LogP contribution in [0, 0.1) is 0 Å². The van der Waals surface area contributed by atoms with Gasteiger partial charge in [0.05, 0.1) is 10.6 Å². The van der Waals surface area contributed by atoms with Crippen LogP contribution < -0.4 is 16.0 Å². The van der Waals surface area contributed by atoms with Crippen LogP contribution in [0.2, 0.25) is 5.02 Å². The summed E-state index contributed by atoms with van der Waals surface area (Å²) in [5.41, 5.74) is 7.05. The number of anilines is 1. The van der Waals surface area contributed by atoms with Gasteiger partial charge in [0.2, 0.25) is 0 Å². The van der Waals surface area contributed by atoms with Gasteiger partial charge in [-0.05, 0) is 30.7 Å². The molecule has 3 N–H and O–H groups in total. The van der Waals surface area contributed by atoms with Crippen molar-refractivity contribution in [3.05, 3.63) is 58.9 Å². The van der Waals surface area contributed by atoms with Gasteiger partial charge in [0.15, 0.2) is 0 Å². The number of para-hydroxylation sites is 1. The Morgan fingerprint density at radius 1 is 1.25 bits per heavy atom. The first-order valence-electron chi connectivity index (χ1n) is 7.61. The summed E-state index contributed by atoms with van der Waals surface area (Å²) in [5, 5.41) is 3.45. The second-order valence-corrected chi connectivity index (χ2v) is 6.08. The molecule has 2 heterocycles. The van der Waals surface area contributed by atoms with Crippen molar-refractivity contribution in [2.75, 3.05) is 18.0 Å². The zero-order chi connectivity index (χ0) is 17.1. The molecule has 1 aliphatic heterocycles. The van der Waals surface area contributed by atoms with Gasteiger partial charge >= 0.3 is 0 Å². The number of hydrogen-bond donors (Lipinski definition) is 2. The van der Waals surface area contributed by atoms with Gasteiger partial charge in [-0.3, -0.25) is 9.59 Å². The maximum atomic E-state index is 12.2. The average Bonchev–Trinajstić information content (AvgIpc) is 3.03. The summed E-state index contributed by atoms with van der Waals surface area (Å²) in [6, 6.07) is 10.4. The number of nitrogens with zero attached hydrogens (tertiary/aromatic N) is 2. The second-order valence-electron chi connectivity index (χ2n) is 5.65. The third-order valence-corrected chi connectivity index (χ3v) is 4.22. The molecule has 0 unspecified atom stereocenters. The molecule has 24 heavy (non-hydrogen) atoms. The van der Waals surface area contributed by atoms with Crippen LogP contribution in [-0.4, -0.2) is 35.9 Å². The largest absolute Gasteiger partial charge is 0.369 e. The zero-order valence-corrected chi connectivity index (χ0v) is 13.7. The van der Waals surface area contributed by atoms with Crippen molar-refractivity contribution in [2.45, 2.75) is 12.5 Å². The number of rotatable bonds is 4. The van der Waals surface area contributed by atoms with Crippen molar-refractivity contribution in [2.24, 2.45) is 5.73 Å². The maximum absolute atomic E-state index is 12.2. The Kier molecular flexibility index (Phi) is 4.66. The highest BCUT2D eigenvalue weighted by molar-refractivity contribution is 6.30. The Labute approximate surface area is 144 Å². The molecule has 0 aliphatic carbocycles. The van der Waals surface area contributed by atoms with Gasteiger partial charge in [-0.15, -0.1) is 0 Å². The molecule has 3 rings (SSSR count). The molecule has 2 aromatic rings. The van der Waals surface area contributed by atoms with Crippen molar-refractivity contribution in [3.8, 4) is 0 Å². The number of nitrogens with one attached hydrogen (secondary N) is 1. The highest BCUT2D eigenvalue weighted by Crippen LogP contribution is 2.24. The SMILES string of the molecule is NC(=O)c1ccccc1N1CC[C@@H](NC(=O)c2ccc(Cl)cn2)C1. The molecular weight excluding hydrogens is 328 g/mol. The number of carbonyl (C=O) groups excluding carboxylic acids is 2. The molecule has 0 spiro atoms. The number of nitrogens with two attached hydrogens (primary N) is 1.